The molecule has 142 valence electrons. The molecule has 1 N–H and O–H groups in total. The molecular weight excluding hydrogens is 369 g/mol. The van der Waals surface area contributed by atoms with E-state index in [1.165, 1.54) is 27.5 Å². The monoisotopic (exact) mass is 389 g/mol. The number of halogens is 1. The highest BCUT2D eigenvalue weighted by Crippen LogP contribution is 2.17. The van der Waals surface area contributed by atoms with E-state index in [9.17, 15) is 17.6 Å². The van der Waals surface area contributed by atoms with Gasteiger partial charge in [0.1, 0.15) is 5.82 Å². The molecule has 0 atom stereocenters. The van der Waals surface area contributed by atoms with Crippen LogP contribution in [0.5, 0.6) is 0 Å². The van der Waals surface area contributed by atoms with Crippen molar-refractivity contribution in [2.45, 2.75) is 4.90 Å². The summed E-state index contributed by atoms with van der Waals surface area (Å²) in [6, 6.07) is 14.1. The SMILES string of the molecule is O=C(N/C=C/c1ccccc1F)N1CCN(S(=O)(=O)c2ccccc2)CC1. The van der Waals surface area contributed by atoms with E-state index in [1.807, 2.05) is 0 Å². The summed E-state index contributed by atoms with van der Waals surface area (Å²) in [5.41, 5.74) is 0.372. The Bertz CT molecular complexity index is 924. The first-order valence-corrected chi connectivity index (χ1v) is 9.94. The van der Waals surface area contributed by atoms with E-state index in [0.717, 1.165) is 0 Å². The van der Waals surface area contributed by atoms with Gasteiger partial charge in [-0.15, -0.1) is 0 Å². The predicted molar refractivity (Wildman–Crippen MR) is 101 cm³/mol. The molecule has 0 unspecified atom stereocenters. The molecule has 0 aliphatic carbocycles. The average Bonchev–Trinajstić information content (AvgIpc) is 2.70. The van der Waals surface area contributed by atoms with Gasteiger partial charge >= 0.3 is 6.03 Å². The third-order valence-electron chi connectivity index (χ3n) is 4.28. The van der Waals surface area contributed by atoms with Gasteiger partial charge in [0, 0.05) is 37.9 Å². The van der Waals surface area contributed by atoms with Gasteiger partial charge in [-0.25, -0.2) is 17.6 Å². The molecule has 1 heterocycles. The molecule has 2 aromatic rings. The van der Waals surface area contributed by atoms with Crippen molar-refractivity contribution in [3.63, 3.8) is 0 Å². The maximum Gasteiger partial charge on any atom is 0.321 e. The van der Waals surface area contributed by atoms with E-state index in [2.05, 4.69) is 5.32 Å². The maximum atomic E-state index is 13.5. The van der Waals surface area contributed by atoms with Crippen LogP contribution in [0.3, 0.4) is 0 Å². The lowest BCUT2D eigenvalue weighted by molar-refractivity contribution is 0.175. The minimum Gasteiger partial charge on any atom is -0.322 e. The lowest BCUT2D eigenvalue weighted by Gasteiger charge is -2.33. The van der Waals surface area contributed by atoms with Gasteiger partial charge in [-0.2, -0.15) is 4.31 Å². The van der Waals surface area contributed by atoms with Crippen molar-refractivity contribution in [3.05, 3.63) is 72.2 Å². The number of nitrogens with zero attached hydrogens (tertiary/aromatic N) is 2. The van der Waals surface area contributed by atoms with Crippen molar-refractivity contribution in [2.75, 3.05) is 26.2 Å². The summed E-state index contributed by atoms with van der Waals surface area (Å²) in [5.74, 6) is -0.372. The number of piperazine rings is 1. The Balaban J connectivity index is 1.54. The lowest BCUT2D eigenvalue weighted by Crippen LogP contribution is -2.52. The second-order valence-electron chi connectivity index (χ2n) is 6.01. The van der Waals surface area contributed by atoms with E-state index >= 15 is 0 Å². The van der Waals surface area contributed by atoms with Crippen LogP contribution in [-0.2, 0) is 10.0 Å². The number of carbonyl (C=O) groups excluding carboxylic acids is 1. The zero-order valence-corrected chi connectivity index (χ0v) is 15.4. The number of carbonyl (C=O) groups is 1. The van der Waals surface area contributed by atoms with Gasteiger partial charge in [0.05, 0.1) is 4.90 Å². The van der Waals surface area contributed by atoms with Crippen molar-refractivity contribution in [3.8, 4) is 0 Å². The van der Waals surface area contributed by atoms with Gasteiger partial charge in [-0.05, 0) is 24.3 Å². The topological polar surface area (TPSA) is 69.7 Å². The molecule has 0 radical (unpaired) electrons. The zero-order valence-electron chi connectivity index (χ0n) is 14.6. The number of rotatable bonds is 4. The van der Waals surface area contributed by atoms with Crippen LogP contribution >= 0.6 is 0 Å². The summed E-state index contributed by atoms with van der Waals surface area (Å²) in [6.45, 7) is 1.01. The summed E-state index contributed by atoms with van der Waals surface area (Å²) in [7, 11) is -3.55. The van der Waals surface area contributed by atoms with E-state index in [1.54, 1.807) is 48.5 Å². The van der Waals surface area contributed by atoms with Gasteiger partial charge in [0.2, 0.25) is 10.0 Å². The first-order chi connectivity index (χ1) is 13.0. The van der Waals surface area contributed by atoms with Crippen molar-refractivity contribution in [1.82, 2.24) is 14.5 Å². The van der Waals surface area contributed by atoms with Gasteiger partial charge < -0.3 is 10.2 Å². The van der Waals surface area contributed by atoms with Crippen molar-refractivity contribution < 1.29 is 17.6 Å². The predicted octanol–water partition coefficient (Wildman–Crippen LogP) is 2.51. The summed E-state index contributed by atoms with van der Waals surface area (Å²) in [6.07, 6.45) is 2.86. The summed E-state index contributed by atoms with van der Waals surface area (Å²) in [4.78, 5) is 14.0. The van der Waals surface area contributed by atoms with Crippen LogP contribution in [0.2, 0.25) is 0 Å². The second-order valence-corrected chi connectivity index (χ2v) is 7.95. The fourth-order valence-electron chi connectivity index (χ4n) is 2.78. The fraction of sp³-hybridized carbons (Fsp3) is 0.211. The molecule has 1 aliphatic rings. The molecule has 0 bridgehead atoms. The standard InChI is InChI=1S/C19H20FN3O3S/c20-18-9-5-4-6-16(18)10-11-21-19(24)22-12-14-23(15-13-22)27(25,26)17-7-2-1-3-8-17/h1-11H,12-15H2,(H,21,24)/b11-10+. The van der Waals surface area contributed by atoms with Crippen molar-refractivity contribution in [2.24, 2.45) is 0 Å². The highest BCUT2D eigenvalue weighted by Gasteiger charge is 2.29. The van der Waals surface area contributed by atoms with Crippen LogP contribution in [0.25, 0.3) is 6.08 Å². The van der Waals surface area contributed by atoms with Crippen molar-refractivity contribution in [1.29, 1.82) is 0 Å². The van der Waals surface area contributed by atoms with Gasteiger partial charge in [0.25, 0.3) is 0 Å². The molecular formula is C19H20FN3O3S. The number of urea groups is 1. The number of amides is 2. The Morgan fingerprint density at radius 1 is 0.963 bits per heavy atom. The van der Waals surface area contributed by atoms with E-state index < -0.39 is 10.0 Å². The Morgan fingerprint density at radius 3 is 2.26 bits per heavy atom. The second kappa shape index (κ2) is 8.32. The summed E-state index contributed by atoms with van der Waals surface area (Å²) >= 11 is 0. The lowest BCUT2D eigenvalue weighted by atomic mass is 10.2. The quantitative estimate of drug-likeness (QED) is 0.874. The number of benzene rings is 2. The third kappa shape index (κ3) is 4.53. The molecule has 1 saturated heterocycles. The molecule has 0 spiro atoms. The normalized spacial score (nSPS) is 15.8. The molecule has 8 heteroatoms. The van der Waals surface area contributed by atoms with Crippen LogP contribution in [0, 0.1) is 5.82 Å². The van der Waals surface area contributed by atoms with E-state index in [-0.39, 0.29) is 42.9 Å². The highest BCUT2D eigenvalue weighted by molar-refractivity contribution is 7.89. The Hall–Kier alpha value is -2.71. The first-order valence-electron chi connectivity index (χ1n) is 8.50. The average molecular weight is 389 g/mol. The molecule has 27 heavy (non-hydrogen) atoms. The third-order valence-corrected chi connectivity index (χ3v) is 6.19. The molecule has 6 nitrogen and oxygen atoms in total. The Labute approximate surface area is 158 Å². The number of hydrogen-bond acceptors (Lipinski definition) is 3. The Morgan fingerprint density at radius 2 is 1.59 bits per heavy atom. The van der Waals surface area contributed by atoms with Crippen LogP contribution in [0.15, 0.2) is 65.7 Å². The van der Waals surface area contributed by atoms with Crippen molar-refractivity contribution >= 4 is 22.1 Å². The molecule has 1 fully saturated rings. The van der Waals surface area contributed by atoms with Gasteiger partial charge in [-0.1, -0.05) is 36.4 Å². The fourth-order valence-corrected chi connectivity index (χ4v) is 4.22. The smallest absolute Gasteiger partial charge is 0.321 e. The minimum absolute atomic E-state index is 0.224. The minimum atomic E-state index is -3.55. The number of sulfonamides is 1. The van der Waals surface area contributed by atoms with E-state index in [0.29, 0.717) is 5.56 Å². The van der Waals surface area contributed by atoms with Crippen LogP contribution in [0.1, 0.15) is 5.56 Å². The molecule has 3 rings (SSSR count). The molecule has 0 saturated carbocycles. The number of hydrogen-bond donors (Lipinski definition) is 1. The molecule has 0 aromatic heterocycles. The number of nitrogens with one attached hydrogen (secondary N) is 1. The van der Waals surface area contributed by atoms with E-state index in [4.69, 9.17) is 0 Å². The zero-order chi connectivity index (χ0) is 19.3. The Kier molecular flexibility index (Phi) is 5.88. The summed E-state index contributed by atoms with van der Waals surface area (Å²) in [5, 5.41) is 2.59. The van der Waals surface area contributed by atoms with Crippen LogP contribution in [-0.4, -0.2) is 49.8 Å². The molecule has 2 amide bonds. The van der Waals surface area contributed by atoms with Crippen LogP contribution < -0.4 is 5.32 Å². The maximum absolute atomic E-state index is 13.5. The molecule has 2 aromatic carbocycles. The first kappa shape index (κ1) is 19.1. The largest absolute Gasteiger partial charge is 0.322 e. The highest BCUT2D eigenvalue weighted by atomic mass is 32.2. The van der Waals surface area contributed by atoms with Crippen LogP contribution in [0.4, 0.5) is 9.18 Å². The van der Waals surface area contributed by atoms with Gasteiger partial charge in [-0.3, -0.25) is 0 Å². The van der Waals surface area contributed by atoms with Gasteiger partial charge in [0.15, 0.2) is 0 Å². The molecule has 1 aliphatic heterocycles. The summed E-state index contributed by atoms with van der Waals surface area (Å²) < 4.78 is 40.1.